The second-order valence-corrected chi connectivity index (χ2v) is 14.9. The highest BCUT2D eigenvalue weighted by molar-refractivity contribution is 8.00. The number of fused-ring (bicyclic) bond motifs is 5. The molecule has 0 spiro atoms. The monoisotopic (exact) mass is 701 g/mol. The minimum atomic E-state index is -0.149. The van der Waals surface area contributed by atoms with Gasteiger partial charge in [0.2, 0.25) is 5.69 Å². The van der Waals surface area contributed by atoms with E-state index in [4.69, 9.17) is 0 Å². The second kappa shape index (κ2) is 14.4. The molecule has 254 valence electrons. The molecule has 50 heavy (non-hydrogen) atoms. The van der Waals surface area contributed by atoms with Crippen LogP contribution >= 0.6 is 23.9 Å². The fourth-order valence-electron chi connectivity index (χ4n) is 6.87. The van der Waals surface area contributed by atoms with Crippen molar-refractivity contribution in [3.63, 3.8) is 0 Å². The van der Waals surface area contributed by atoms with Crippen LogP contribution in [0.1, 0.15) is 16.7 Å². The van der Waals surface area contributed by atoms with Crippen LogP contribution in [0.5, 0.6) is 0 Å². The lowest BCUT2D eigenvalue weighted by molar-refractivity contribution is -1.05. The topological polar surface area (TPSA) is 72.2 Å². The third kappa shape index (κ3) is 6.93. The first kappa shape index (κ1) is 34.0. The van der Waals surface area contributed by atoms with E-state index in [1.165, 1.54) is 22.3 Å². The summed E-state index contributed by atoms with van der Waals surface area (Å²) in [5, 5.41) is 22.5. The number of nitrogens with zero attached hydrogens (tertiary/aromatic N) is 2. The maximum atomic E-state index is 11.1. The number of hydrogen-bond donors (Lipinski definition) is 5. The Balaban J connectivity index is 0.000000157. The van der Waals surface area contributed by atoms with Crippen molar-refractivity contribution >= 4 is 52.3 Å². The highest BCUT2D eigenvalue weighted by atomic mass is 32.2. The Labute approximate surface area is 303 Å². The summed E-state index contributed by atoms with van der Waals surface area (Å²) in [4.78, 5) is 4.53. The van der Waals surface area contributed by atoms with Crippen molar-refractivity contribution in [2.45, 2.75) is 42.3 Å². The molecule has 3 aliphatic rings. The van der Waals surface area contributed by atoms with E-state index in [0.717, 1.165) is 43.8 Å². The third-order valence-corrected chi connectivity index (χ3v) is 11.1. The number of rotatable bonds is 6. The zero-order valence-electron chi connectivity index (χ0n) is 28.7. The van der Waals surface area contributed by atoms with Crippen molar-refractivity contribution in [1.29, 1.82) is 0 Å². The summed E-state index contributed by atoms with van der Waals surface area (Å²) in [7, 11) is 3.93. The Morgan fingerprint density at radius 2 is 1.30 bits per heavy atom. The maximum Gasteiger partial charge on any atom is 0.211 e. The predicted molar refractivity (Wildman–Crippen MR) is 210 cm³/mol. The summed E-state index contributed by atoms with van der Waals surface area (Å²) in [6.45, 7) is 4.74. The number of hydrogen-bond acceptors (Lipinski definition) is 7. The Bertz CT molecular complexity index is 2050. The fourth-order valence-corrected chi connectivity index (χ4v) is 8.20. The van der Waals surface area contributed by atoms with E-state index >= 15 is 0 Å². The predicted octanol–water partition coefficient (Wildman–Crippen LogP) is 8.95. The molecule has 4 atom stereocenters. The smallest absolute Gasteiger partial charge is 0.211 e. The van der Waals surface area contributed by atoms with Crippen molar-refractivity contribution < 1.29 is 15.5 Å². The van der Waals surface area contributed by atoms with Crippen molar-refractivity contribution in [3.8, 4) is 11.1 Å². The van der Waals surface area contributed by atoms with Gasteiger partial charge in [-0.25, -0.2) is 10.4 Å². The Morgan fingerprint density at radius 3 is 2.00 bits per heavy atom. The summed E-state index contributed by atoms with van der Waals surface area (Å²) in [6.07, 6.45) is 8.27. The van der Waals surface area contributed by atoms with Gasteiger partial charge in [-0.1, -0.05) is 90.0 Å². The molecule has 0 bridgehead atoms. The number of likely N-dealkylation sites (N-methyl/N-ethyl adjacent to an activating group) is 1. The van der Waals surface area contributed by atoms with Crippen LogP contribution in [0.25, 0.3) is 11.1 Å². The summed E-state index contributed by atoms with van der Waals surface area (Å²) in [6, 6.07) is 37.5. The number of benzene rings is 5. The molecule has 0 aromatic heterocycles. The molecule has 0 radical (unpaired) electrons. The average molecular weight is 702 g/mol. The van der Waals surface area contributed by atoms with E-state index in [0.29, 0.717) is 11.6 Å². The molecule has 2 aliphatic heterocycles. The molecule has 5 N–H and O–H groups in total. The third-order valence-electron chi connectivity index (χ3n) is 9.45. The van der Waals surface area contributed by atoms with Gasteiger partial charge >= 0.3 is 0 Å². The number of hydroxylamine groups is 3. The molecular weight excluding hydrogens is 659 g/mol. The van der Waals surface area contributed by atoms with Gasteiger partial charge in [-0.15, -0.1) is 9.71 Å². The van der Waals surface area contributed by atoms with Gasteiger partial charge in [0.25, 0.3) is 0 Å². The molecule has 5 aromatic carbocycles. The van der Waals surface area contributed by atoms with Gasteiger partial charge in [-0.2, -0.15) is 0 Å². The number of anilines is 3. The first-order valence-electron chi connectivity index (χ1n) is 16.8. The van der Waals surface area contributed by atoms with Crippen LogP contribution in [-0.4, -0.2) is 36.6 Å². The van der Waals surface area contributed by atoms with Crippen molar-refractivity contribution in [2.75, 3.05) is 28.4 Å². The molecular formula is C41H43N5O2S2+2. The van der Waals surface area contributed by atoms with Gasteiger partial charge in [0.15, 0.2) is 11.7 Å². The number of para-hydroxylation sites is 2. The Kier molecular flexibility index (Phi) is 9.79. The van der Waals surface area contributed by atoms with Gasteiger partial charge in [0.05, 0.1) is 0 Å². The zero-order valence-corrected chi connectivity index (χ0v) is 30.3. The molecule has 1 aliphatic carbocycles. The zero-order chi connectivity index (χ0) is 34.8. The summed E-state index contributed by atoms with van der Waals surface area (Å²) >= 11 is 3.13. The minimum absolute atomic E-state index is 0.00479. The van der Waals surface area contributed by atoms with Crippen LogP contribution in [0.3, 0.4) is 0 Å². The van der Waals surface area contributed by atoms with Gasteiger partial charge in [-0.3, -0.25) is 0 Å². The lowest BCUT2D eigenvalue weighted by atomic mass is 9.92. The Morgan fingerprint density at radius 1 is 0.720 bits per heavy atom. The van der Waals surface area contributed by atoms with E-state index in [1.54, 1.807) is 23.9 Å². The summed E-state index contributed by atoms with van der Waals surface area (Å²) in [5.74, 6) is 0. The van der Waals surface area contributed by atoms with Crippen molar-refractivity contribution in [1.82, 2.24) is 4.65 Å². The number of aryl methyl sites for hydroxylation is 2. The molecule has 2 heterocycles. The van der Waals surface area contributed by atoms with Crippen LogP contribution in [0.4, 0.5) is 28.4 Å². The molecule has 7 nitrogen and oxygen atoms in total. The molecule has 9 heteroatoms. The van der Waals surface area contributed by atoms with Crippen LogP contribution in [0.15, 0.2) is 143 Å². The molecule has 4 unspecified atom stereocenters. The molecule has 0 saturated carbocycles. The van der Waals surface area contributed by atoms with Gasteiger partial charge in [0.1, 0.15) is 36.7 Å². The first-order valence-corrected chi connectivity index (χ1v) is 18.4. The van der Waals surface area contributed by atoms with Crippen LogP contribution in [0.2, 0.25) is 0 Å². The largest absolute Gasteiger partial charge is 0.357 e. The van der Waals surface area contributed by atoms with E-state index in [9.17, 15) is 10.4 Å². The van der Waals surface area contributed by atoms with Crippen LogP contribution < -0.4 is 24.1 Å². The Hall–Kier alpha value is -4.48. The number of quaternary nitrogens is 2. The summed E-state index contributed by atoms with van der Waals surface area (Å²) in [5.41, 5.74) is 10.7. The number of allylic oxidation sites excluding steroid dienone is 2. The van der Waals surface area contributed by atoms with E-state index < -0.39 is 0 Å². The van der Waals surface area contributed by atoms with Crippen LogP contribution in [-0.2, 0) is 6.54 Å². The number of nitrogens with one attached hydrogen (secondary N) is 3. The highest BCUT2D eigenvalue weighted by Crippen LogP contribution is 2.46. The molecule has 5 aromatic rings. The molecule has 0 saturated heterocycles. The first-order chi connectivity index (χ1) is 24.2. The van der Waals surface area contributed by atoms with E-state index in [-0.39, 0.29) is 16.7 Å². The van der Waals surface area contributed by atoms with Gasteiger partial charge < -0.3 is 14.3 Å². The van der Waals surface area contributed by atoms with Crippen molar-refractivity contribution in [2.24, 2.45) is 0 Å². The molecule has 0 fully saturated rings. The van der Waals surface area contributed by atoms with E-state index in [1.807, 2.05) is 49.5 Å². The quantitative estimate of drug-likeness (QED) is 0.0895. The van der Waals surface area contributed by atoms with E-state index in [2.05, 4.69) is 126 Å². The highest BCUT2D eigenvalue weighted by Gasteiger charge is 2.42. The standard InChI is InChI=1S/C21H21N2OS.C20H21N3OS/c1-15-10-12-17(13-11-15)25-22-20-9-5-8-19-18-7-4-3-6-16(18)14-23(2,24)21(19)20;1-14-10-12-15(13-11-14)25-21-16-6-5-9-19-20(16)23(24)18-8-4-3-7-17(18)22(19)2/h3-13,22,24H,14H2,1-2H3;3-13,17-18,21,24H,1-2H3/q+1;/p+1. The molecule has 0 amide bonds. The van der Waals surface area contributed by atoms with Crippen molar-refractivity contribution in [3.05, 3.63) is 150 Å². The lowest BCUT2D eigenvalue weighted by Gasteiger charge is -2.40. The SMILES string of the molecule is Cc1ccc(SNc2cccc3c2[N+](C)(O)Cc2ccccc2-3)cc1.Cc1ccc(SNc2cccc3c2[NH+](O)C2C=CC=CC2N3C)cc1. The second-order valence-electron chi connectivity index (χ2n) is 13.2. The minimum Gasteiger partial charge on any atom is -0.357 e. The average Bonchev–Trinajstić information content (AvgIpc) is 3.13. The maximum absolute atomic E-state index is 11.1. The fraction of sp³-hybridized carbons (Fsp3) is 0.171. The molecule has 8 rings (SSSR count). The normalized spacial score (nSPS) is 21.2. The summed E-state index contributed by atoms with van der Waals surface area (Å²) < 4.78 is 6.71. The van der Waals surface area contributed by atoms with Gasteiger partial charge in [-0.05, 0) is 97.9 Å². The van der Waals surface area contributed by atoms with Gasteiger partial charge in [0, 0.05) is 28.0 Å². The lowest BCUT2D eigenvalue weighted by Crippen LogP contribution is -3.12. The van der Waals surface area contributed by atoms with Crippen LogP contribution in [0, 0.1) is 13.8 Å².